The molecule has 0 unspecified atom stereocenters. The number of allylic oxidation sites excluding steroid dienone is 3. The molecule has 0 aliphatic heterocycles. The van der Waals surface area contributed by atoms with Crippen LogP contribution in [0.1, 0.15) is 33.6 Å². The van der Waals surface area contributed by atoms with E-state index in [0.29, 0.717) is 18.4 Å². The third kappa shape index (κ3) is 10.3. The van der Waals surface area contributed by atoms with Crippen LogP contribution < -0.4 is 4.72 Å². The van der Waals surface area contributed by atoms with Crippen molar-refractivity contribution in [2.45, 2.75) is 39.8 Å². The second kappa shape index (κ2) is 6.94. The fourth-order valence-electron chi connectivity index (χ4n) is 1.14. The molecule has 0 amide bonds. The molecule has 0 heterocycles. The SMILES string of the molecule is CC(C)=CCC/C(C)=C/S(=O)(=O)NCC(F)(F)F. The van der Waals surface area contributed by atoms with Gasteiger partial charge in [-0.3, -0.25) is 0 Å². The van der Waals surface area contributed by atoms with Crippen LogP contribution in [0.5, 0.6) is 0 Å². The van der Waals surface area contributed by atoms with E-state index in [1.807, 2.05) is 19.9 Å². The Labute approximate surface area is 106 Å². The number of sulfonamides is 1. The predicted molar refractivity (Wildman–Crippen MR) is 65.4 cm³/mol. The Bertz CT molecular complexity index is 418. The van der Waals surface area contributed by atoms with Gasteiger partial charge < -0.3 is 0 Å². The minimum absolute atomic E-state index is 0.498. The molecule has 106 valence electrons. The number of rotatable bonds is 6. The smallest absolute Gasteiger partial charge is 0.208 e. The average molecular weight is 285 g/mol. The van der Waals surface area contributed by atoms with E-state index in [4.69, 9.17) is 0 Å². The molecule has 0 spiro atoms. The quantitative estimate of drug-likeness (QED) is 0.762. The molecule has 0 aromatic rings. The first kappa shape index (κ1) is 17.2. The molecule has 3 nitrogen and oxygen atoms in total. The Morgan fingerprint density at radius 3 is 2.22 bits per heavy atom. The summed E-state index contributed by atoms with van der Waals surface area (Å²) in [4.78, 5) is 0. The van der Waals surface area contributed by atoms with Crippen molar-refractivity contribution < 1.29 is 21.6 Å². The van der Waals surface area contributed by atoms with Crippen molar-refractivity contribution in [3.8, 4) is 0 Å². The van der Waals surface area contributed by atoms with Crippen molar-refractivity contribution in [3.05, 3.63) is 22.6 Å². The first-order valence-electron chi connectivity index (χ1n) is 5.39. The molecule has 0 aromatic carbocycles. The molecule has 0 bridgehead atoms. The highest BCUT2D eigenvalue weighted by molar-refractivity contribution is 7.92. The zero-order valence-corrected chi connectivity index (χ0v) is 11.5. The Balaban J connectivity index is 4.41. The van der Waals surface area contributed by atoms with Crippen LogP contribution in [0.4, 0.5) is 13.2 Å². The molecular weight excluding hydrogens is 267 g/mol. The van der Waals surface area contributed by atoms with Gasteiger partial charge in [0.05, 0.1) is 0 Å². The van der Waals surface area contributed by atoms with Gasteiger partial charge in [-0.15, -0.1) is 0 Å². The third-order valence-electron chi connectivity index (χ3n) is 1.92. The molecular formula is C11H18F3NO2S. The molecule has 0 saturated carbocycles. The number of hydrogen-bond acceptors (Lipinski definition) is 2. The van der Waals surface area contributed by atoms with Crippen LogP contribution in [-0.2, 0) is 10.0 Å². The fraction of sp³-hybridized carbons (Fsp3) is 0.636. The van der Waals surface area contributed by atoms with E-state index < -0.39 is 22.7 Å². The summed E-state index contributed by atoms with van der Waals surface area (Å²) in [6.07, 6.45) is -1.44. The largest absolute Gasteiger partial charge is 0.402 e. The number of halogens is 3. The maximum atomic E-state index is 11.9. The van der Waals surface area contributed by atoms with Gasteiger partial charge in [-0.1, -0.05) is 17.2 Å². The summed E-state index contributed by atoms with van der Waals surface area (Å²) in [6, 6.07) is 0. The lowest BCUT2D eigenvalue weighted by Gasteiger charge is -2.07. The van der Waals surface area contributed by atoms with E-state index in [0.717, 1.165) is 11.0 Å². The highest BCUT2D eigenvalue weighted by Crippen LogP contribution is 2.14. The van der Waals surface area contributed by atoms with Gasteiger partial charge in [0.15, 0.2) is 0 Å². The first-order chi connectivity index (χ1) is 8.02. The molecule has 0 aliphatic carbocycles. The van der Waals surface area contributed by atoms with Crippen LogP contribution in [0.25, 0.3) is 0 Å². The van der Waals surface area contributed by atoms with Crippen LogP contribution >= 0.6 is 0 Å². The van der Waals surface area contributed by atoms with Crippen LogP contribution in [0.3, 0.4) is 0 Å². The Kier molecular flexibility index (Phi) is 6.62. The van der Waals surface area contributed by atoms with Crippen LogP contribution in [0.2, 0.25) is 0 Å². The highest BCUT2D eigenvalue weighted by Gasteiger charge is 2.28. The number of alkyl halides is 3. The topological polar surface area (TPSA) is 46.2 Å². The summed E-state index contributed by atoms with van der Waals surface area (Å²) in [7, 11) is -4.02. The molecule has 1 N–H and O–H groups in total. The van der Waals surface area contributed by atoms with Crippen molar-refractivity contribution >= 4 is 10.0 Å². The van der Waals surface area contributed by atoms with Crippen molar-refractivity contribution in [2.75, 3.05) is 6.54 Å². The third-order valence-corrected chi connectivity index (χ3v) is 3.18. The molecule has 0 aliphatic rings. The van der Waals surface area contributed by atoms with Gasteiger partial charge in [-0.25, -0.2) is 13.1 Å². The zero-order chi connectivity index (χ0) is 14.4. The monoisotopic (exact) mass is 285 g/mol. The lowest BCUT2D eigenvalue weighted by Crippen LogP contribution is -2.32. The summed E-state index contributed by atoms with van der Waals surface area (Å²) in [5.41, 5.74) is 1.63. The summed E-state index contributed by atoms with van der Waals surface area (Å²) in [5.74, 6) is 0. The molecule has 0 radical (unpaired) electrons. The molecule has 7 heteroatoms. The van der Waals surface area contributed by atoms with Gasteiger partial charge in [0.2, 0.25) is 10.0 Å². The molecule has 0 aromatic heterocycles. The molecule has 0 atom stereocenters. The lowest BCUT2D eigenvalue weighted by atomic mass is 10.1. The minimum atomic E-state index is -4.54. The summed E-state index contributed by atoms with van der Waals surface area (Å²) >= 11 is 0. The number of hydrogen-bond donors (Lipinski definition) is 1. The standard InChI is InChI=1S/C11H18F3NO2S/c1-9(2)5-4-6-10(3)7-18(16,17)15-8-11(12,13)14/h5,7,15H,4,6,8H2,1-3H3/b10-7+. The minimum Gasteiger partial charge on any atom is -0.208 e. The van der Waals surface area contributed by atoms with E-state index in [2.05, 4.69) is 0 Å². The number of nitrogens with one attached hydrogen (secondary N) is 1. The predicted octanol–water partition coefficient (Wildman–Crippen LogP) is 3.12. The summed E-state index contributed by atoms with van der Waals surface area (Å²) < 4.78 is 59.6. The maximum absolute atomic E-state index is 11.9. The van der Waals surface area contributed by atoms with E-state index in [9.17, 15) is 21.6 Å². The Morgan fingerprint density at radius 2 is 1.78 bits per heavy atom. The van der Waals surface area contributed by atoms with Crippen LogP contribution in [-0.4, -0.2) is 21.1 Å². The van der Waals surface area contributed by atoms with Gasteiger partial charge >= 0.3 is 6.18 Å². The van der Waals surface area contributed by atoms with Gasteiger partial charge in [0, 0.05) is 5.41 Å². The van der Waals surface area contributed by atoms with Gasteiger partial charge in [-0.05, 0) is 33.6 Å². The zero-order valence-electron chi connectivity index (χ0n) is 10.6. The normalized spacial score (nSPS) is 13.6. The highest BCUT2D eigenvalue weighted by atomic mass is 32.2. The van der Waals surface area contributed by atoms with Gasteiger partial charge in [0.1, 0.15) is 6.54 Å². The second-order valence-electron chi connectivity index (χ2n) is 4.27. The Morgan fingerprint density at radius 1 is 1.22 bits per heavy atom. The van der Waals surface area contributed by atoms with Crippen LogP contribution in [0.15, 0.2) is 22.6 Å². The molecule has 0 rings (SSSR count). The van der Waals surface area contributed by atoms with Crippen molar-refractivity contribution in [2.24, 2.45) is 0 Å². The van der Waals surface area contributed by atoms with E-state index in [1.54, 1.807) is 6.92 Å². The van der Waals surface area contributed by atoms with E-state index >= 15 is 0 Å². The Hall–Kier alpha value is -0.820. The molecule has 0 fully saturated rings. The van der Waals surface area contributed by atoms with E-state index in [1.165, 1.54) is 4.72 Å². The van der Waals surface area contributed by atoms with Crippen molar-refractivity contribution in [1.29, 1.82) is 0 Å². The van der Waals surface area contributed by atoms with Gasteiger partial charge in [-0.2, -0.15) is 13.2 Å². The average Bonchev–Trinajstić information content (AvgIpc) is 2.12. The lowest BCUT2D eigenvalue weighted by molar-refractivity contribution is -0.121. The van der Waals surface area contributed by atoms with Gasteiger partial charge in [0.25, 0.3) is 0 Å². The van der Waals surface area contributed by atoms with E-state index in [-0.39, 0.29) is 0 Å². The molecule has 0 saturated heterocycles. The molecule has 18 heavy (non-hydrogen) atoms. The van der Waals surface area contributed by atoms with Crippen molar-refractivity contribution in [3.63, 3.8) is 0 Å². The van der Waals surface area contributed by atoms with Crippen molar-refractivity contribution in [1.82, 2.24) is 4.72 Å². The first-order valence-corrected chi connectivity index (χ1v) is 6.93. The summed E-state index contributed by atoms with van der Waals surface area (Å²) in [6.45, 7) is 3.86. The second-order valence-corrected chi connectivity index (χ2v) is 5.88. The van der Waals surface area contributed by atoms with Crippen LogP contribution in [0, 0.1) is 0 Å². The fourth-order valence-corrected chi connectivity index (χ4v) is 2.23. The summed E-state index contributed by atoms with van der Waals surface area (Å²) in [5, 5.41) is 0.845. The maximum Gasteiger partial charge on any atom is 0.402 e.